The van der Waals surface area contributed by atoms with Crippen molar-refractivity contribution in [3.05, 3.63) is 109 Å². The van der Waals surface area contributed by atoms with Crippen LogP contribution in [0.2, 0.25) is 0 Å². The van der Waals surface area contributed by atoms with Crippen LogP contribution in [0.3, 0.4) is 0 Å². The van der Waals surface area contributed by atoms with Crippen LogP contribution in [0.4, 0.5) is 0 Å². The highest BCUT2D eigenvalue weighted by Crippen LogP contribution is 2.26. The summed E-state index contributed by atoms with van der Waals surface area (Å²) >= 11 is -5.95. The highest BCUT2D eigenvalue weighted by atomic mass is 32.2. The Kier molecular flexibility index (Phi) is 7.66. The predicted octanol–water partition coefficient (Wildman–Crippen LogP) is 4.99. The first-order valence-corrected chi connectivity index (χ1v) is 12.9. The minimum atomic E-state index is -2.06. The molecule has 4 rings (SSSR count). The van der Waals surface area contributed by atoms with E-state index < -0.39 is 33.2 Å². The van der Waals surface area contributed by atoms with E-state index in [9.17, 15) is 12.6 Å². The van der Waals surface area contributed by atoms with Crippen LogP contribution >= 0.6 is 0 Å². The lowest BCUT2D eigenvalue weighted by molar-refractivity contribution is 0.547. The van der Waals surface area contributed by atoms with Gasteiger partial charge in [-0.1, -0.05) is 54.6 Å². The maximum Gasteiger partial charge on any atom is 0.242 e. The minimum Gasteiger partial charge on any atom is -0.397 e. The molecule has 9 heteroatoms. The average Bonchev–Trinajstić information content (AvgIpc) is 2.85. The molecule has 0 saturated heterocycles. The molecule has 4 aromatic rings. The van der Waals surface area contributed by atoms with E-state index in [-0.39, 0.29) is 14.7 Å². The van der Waals surface area contributed by atoms with Crippen molar-refractivity contribution in [1.29, 1.82) is 0 Å². The van der Waals surface area contributed by atoms with Crippen LogP contribution in [0.15, 0.2) is 124 Å². The number of hydrogen-bond acceptors (Lipinski definition) is 6. The molecule has 0 aliphatic heterocycles. The highest BCUT2D eigenvalue weighted by molar-refractivity contribution is 7.84. The third-order valence-corrected chi connectivity index (χ3v) is 7.42. The lowest BCUT2D eigenvalue weighted by Gasteiger charge is -2.12. The molecule has 33 heavy (non-hydrogen) atoms. The first kappa shape index (κ1) is 22.9. The van der Waals surface area contributed by atoms with Gasteiger partial charge in [-0.05, 0) is 54.6 Å². The van der Waals surface area contributed by atoms with Gasteiger partial charge in [-0.2, -0.15) is 0 Å². The van der Waals surface area contributed by atoms with Crippen molar-refractivity contribution in [2.75, 3.05) is 0 Å². The summed E-state index contributed by atoms with van der Waals surface area (Å²) in [5.41, 5.74) is 0. The van der Waals surface area contributed by atoms with Gasteiger partial charge in [-0.15, -0.1) is 0 Å². The fourth-order valence-electron chi connectivity index (χ4n) is 2.69. The Morgan fingerprint density at radius 1 is 0.424 bits per heavy atom. The molecule has 6 nitrogen and oxygen atoms in total. The molecule has 0 N–H and O–H groups in total. The Bertz CT molecular complexity index is 1280. The molecule has 0 aliphatic carbocycles. The Hall–Kier alpha value is -3.27. The topological polar surface area (TPSA) is 78.9 Å². The van der Waals surface area contributed by atoms with Gasteiger partial charge in [0.25, 0.3) is 0 Å². The van der Waals surface area contributed by atoms with Gasteiger partial charge < -0.3 is 12.5 Å². The fourth-order valence-corrected chi connectivity index (χ4v) is 5.56. The van der Waals surface area contributed by atoms with Gasteiger partial charge >= 0.3 is 0 Å². The summed E-state index contributed by atoms with van der Waals surface area (Å²) in [6, 6.07) is 30.2. The van der Waals surface area contributed by atoms with Gasteiger partial charge in [0.2, 0.25) is 33.2 Å². The van der Waals surface area contributed by atoms with E-state index in [0.29, 0.717) is 17.2 Å². The summed E-state index contributed by atoms with van der Waals surface area (Å²) in [6.45, 7) is 0. The normalized spacial score (nSPS) is 13.5. The van der Waals surface area contributed by atoms with Crippen molar-refractivity contribution >= 4 is 33.2 Å². The molecule has 3 atom stereocenters. The van der Waals surface area contributed by atoms with E-state index in [1.165, 1.54) is 18.2 Å². The number of benzene rings is 4. The van der Waals surface area contributed by atoms with Gasteiger partial charge in [0.1, 0.15) is 17.2 Å². The van der Waals surface area contributed by atoms with Gasteiger partial charge in [-0.3, -0.25) is 0 Å². The van der Waals surface area contributed by atoms with Crippen LogP contribution in [0.5, 0.6) is 17.2 Å². The molecule has 3 unspecified atom stereocenters. The van der Waals surface area contributed by atoms with Crippen LogP contribution < -0.4 is 12.5 Å². The molecular formula is C24H18O6S3. The monoisotopic (exact) mass is 498 g/mol. The first-order valence-electron chi connectivity index (χ1n) is 9.69. The second kappa shape index (κ2) is 11.0. The maximum atomic E-state index is 13.1. The van der Waals surface area contributed by atoms with E-state index in [0.717, 1.165) is 0 Å². The van der Waals surface area contributed by atoms with E-state index >= 15 is 0 Å². The summed E-state index contributed by atoms with van der Waals surface area (Å²) in [4.78, 5) is 0.434. The van der Waals surface area contributed by atoms with Crippen molar-refractivity contribution in [2.24, 2.45) is 0 Å². The first-order chi connectivity index (χ1) is 16.1. The summed E-state index contributed by atoms with van der Waals surface area (Å²) < 4.78 is 55.3. The van der Waals surface area contributed by atoms with E-state index in [1.807, 2.05) is 6.07 Å². The number of hydrogen-bond donors (Lipinski definition) is 0. The molecule has 0 heterocycles. The third kappa shape index (κ3) is 6.16. The largest absolute Gasteiger partial charge is 0.397 e. The fraction of sp³-hybridized carbons (Fsp3) is 0. The second-order valence-corrected chi connectivity index (χ2v) is 9.76. The second-order valence-electron chi connectivity index (χ2n) is 6.50. The molecular weight excluding hydrogens is 480 g/mol. The predicted molar refractivity (Wildman–Crippen MR) is 127 cm³/mol. The van der Waals surface area contributed by atoms with Gasteiger partial charge in [0.05, 0.1) is 14.7 Å². The summed E-state index contributed by atoms with van der Waals surface area (Å²) in [5, 5.41) is 0. The van der Waals surface area contributed by atoms with Crippen molar-refractivity contribution in [2.45, 2.75) is 14.7 Å². The van der Waals surface area contributed by atoms with Crippen LogP contribution in [-0.4, -0.2) is 12.6 Å². The molecule has 0 aromatic heterocycles. The standard InChI is InChI=1S/C24H18O6S3/c25-31(28-19-10-4-1-5-11-19)22-16-17-23(32(26)29-20-12-6-2-7-13-20)24(18-22)33(27)30-21-14-8-3-9-15-21/h1-18H. The van der Waals surface area contributed by atoms with Crippen molar-refractivity contribution < 1.29 is 25.2 Å². The Morgan fingerprint density at radius 2 is 0.818 bits per heavy atom. The number of para-hydroxylation sites is 3. The zero-order valence-electron chi connectivity index (χ0n) is 17.1. The third-order valence-electron chi connectivity index (χ3n) is 4.21. The van der Waals surface area contributed by atoms with E-state index in [4.69, 9.17) is 12.5 Å². The van der Waals surface area contributed by atoms with E-state index in [2.05, 4.69) is 0 Å². The maximum absolute atomic E-state index is 13.1. The molecule has 4 aromatic carbocycles. The highest BCUT2D eigenvalue weighted by Gasteiger charge is 2.22. The van der Waals surface area contributed by atoms with Gasteiger partial charge in [0.15, 0.2) is 0 Å². The molecule has 0 spiro atoms. The Labute approximate surface area is 199 Å². The van der Waals surface area contributed by atoms with Gasteiger partial charge in [-0.25, -0.2) is 12.6 Å². The van der Waals surface area contributed by atoms with Crippen molar-refractivity contribution in [3.8, 4) is 17.2 Å². The van der Waals surface area contributed by atoms with Crippen molar-refractivity contribution in [1.82, 2.24) is 0 Å². The zero-order valence-corrected chi connectivity index (χ0v) is 19.5. The molecule has 0 amide bonds. The van der Waals surface area contributed by atoms with Crippen LogP contribution in [0.1, 0.15) is 0 Å². The lowest BCUT2D eigenvalue weighted by atomic mass is 10.3. The van der Waals surface area contributed by atoms with Crippen molar-refractivity contribution in [3.63, 3.8) is 0 Å². The van der Waals surface area contributed by atoms with Crippen LogP contribution in [0.25, 0.3) is 0 Å². The summed E-state index contributed by atoms with van der Waals surface area (Å²) in [7, 11) is 0. The summed E-state index contributed by atoms with van der Waals surface area (Å²) in [5.74, 6) is 1.17. The van der Waals surface area contributed by atoms with Crippen LogP contribution in [-0.2, 0) is 33.2 Å². The smallest absolute Gasteiger partial charge is 0.242 e. The Morgan fingerprint density at radius 3 is 1.27 bits per heavy atom. The van der Waals surface area contributed by atoms with Crippen LogP contribution in [0, 0.1) is 0 Å². The zero-order chi connectivity index (χ0) is 23.0. The molecule has 168 valence electrons. The molecule has 0 aliphatic rings. The Balaban J connectivity index is 1.65. The molecule has 0 saturated carbocycles. The quantitative estimate of drug-likeness (QED) is 0.323. The molecule has 0 radical (unpaired) electrons. The SMILES string of the molecule is O=S(Oc1ccccc1)c1ccc(S(=O)Oc2ccccc2)c(S(=O)Oc2ccccc2)c1. The summed E-state index contributed by atoms with van der Waals surface area (Å²) in [6.07, 6.45) is 0. The minimum absolute atomic E-state index is 0.0654. The van der Waals surface area contributed by atoms with E-state index in [1.54, 1.807) is 84.9 Å². The lowest BCUT2D eigenvalue weighted by Crippen LogP contribution is -2.11. The molecule has 0 bridgehead atoms. The molecule has 0 fully saturated rings. The number of rotatable bonds is 9. The average molecular weight is 499 g/mol. The van der Waals surface area contributed by atoms with Gasteiger partial charge in [0, 0.05) is 0 Å².